The molecule has 0 fully saturated rings. The summed E-state index contributed by atoms with van der Waals surface area (Å²) in [4.78, 5) is 17.6. The fraction of sp³-hybridized carbons (Fsp3) is 0.154. The van der Waals surface area contributed by atoms with Gasteiger partial charge in [0, 0.05) is 16.8 Å². The zero-order valence-electron chi connectivity index (χ0n) is 18.0. The van der Waals surface area contributed by atoms with E-state index in [0.717, 1.165) is 28.1 Å². The highest BCUT2D eigenvalue weighted by molar-refractivity contribution is 6.08. The summed E-state index contributed by atoms with van der Waals surface area (Å²) < 4.78 is 11.2. The first-order valence-corrected chi connectivity index (χ1v) is 10.0. The second kappa shape index (κ2) is 8.48. The predicted molar refractivity (Wildman–Crippen MR) is 123 cm³/mol. The molecule has 3 aromatic carbocycles. The fourth-order valence-electron chi connectivity index (χ4n) is 3.71. The average molecular weight is 412 g/mol. The Morgan fingerprint density at radius 2 is 1.65 bits per heavy atom. The molecule has 1 amide bonds. The number of amides is 1. The van der Waals surface area contributed by atoms with Crippen molar-refractivity contribution >= 4 is 11.6 Å². The number of hydrogen-bond donors (Lipinski definition) is 1. The summed E-state index contributed by atoms with van der Waals surface area (Å²) in [5.74, 6) is 1.59. The van der Waals surface area contributed by atoms with Gasteiger partial charge < -0.3 is 14.5 Å². The Morgan fingerprint density at radius 3 is 2.32 bits per heavy atom. The zero-order valence-corrected chi connectivity index (χ0v) is 18.0. The normalized spacial score (nSPS) is 10.7. The number of nitrogens with one attached hydrogen (secondary N) is 1. The molecule has 0 aliphatic heterocycles. The van der Waals surface area contributed by atoms with E-state index >= 15 is 0 Å². The van der Waals surface area contributed by atoms with Crippen molar-refractivity contribution in [3.8, 4) is 28.5 Å². The van der Waals surface area contributed by atoms with Crippen molar-refractivity contribution in [1.82, 2.24) is 4.98 Å². The average Bonchev–Trinajstić information content (AvgIpc) is 3.26. The Hall–Kier alpha value is -3.86. The summed E-state index contributed by atoms with van der Waals surface area (Å²) in [6, 6.07) is 19.0. The Morgan fingerprint density at radius 1 is 0.968 bits per heavy atom. The van der Waals surface area contributed by atoms with Gasteiger partial charge in [-0.15, -0.1) is 0 Å². The maximum Gasteiger partial charge on any atom is 0.256 e. The van der Waals surface area contributed by atoms with Crippen molar-refractivity contribution in [3.05, 3.63) is 89.1 Å². The number of methoxy groups -OCH3 is 1. The highest BCUT2D eigenvalue weighted by Gasteiger charge is 2.18. The lowest BCUT2D eigenvalue weighted by Gasteiger charge is -2.14. The molecule has 1 heterocycles. The number of aryl methyl sites for hydroxylation is 3. The predicted octanol–water partition coefficient (Wildman–Crippen LogP) is 6.19. The number of hydrogen-bond acceptors (Lipinski definition) is 4. The number of benzene rings is 3. The summed E-state index contributed by atoms with van der Waals surface area (Å²) in [7, 11) is 1.63. The van der Waals surface area contributed by atoms with Crippen molar-refractivity contribution in [2.75, 3.05) is 12.4 Å². The van der Waals surface area contributed by atoms with E-state index in [0.29, 0.717) is 22.8 Å². The van der Waals surface area contributed by atoms with Crippen molar-refractivity contribution < 1.29 is 13.9 Å². The van der Waals surface area contributed by atoms with Gasteiger partial charge in [-0.25, -0.2) is 4.98 Å². The minimum absolute atomic E-state index is 0.199. The highest BCUT2D eigenvalue weighted by atomic mass is 16.5. The highest BCUT2D eigenvalue weighted by Crippen LogP contribution is 2.30. The van der Waals surface area contributed by atoms with Crippen LogP contribution in [-0.2, 0) is 0 Å². The Labute approximate surface area is 181 Å². The summed E-state index contributed by atoms with van der Waals surface area (Å²) in [5.41, 5.74) is 6.08. The molecule has 1 N–H and O–H groups in total. The van der Waals surface area contributed by atoms with Gasteiger partial charge in [-0.1, -0.05) is 29.8 Å². The number of nitrogens with zero attached hydrogens (tertiary/aromatic N) is 1. The van der Waals surface area contributed by atoms with Crippen LogP contribution in [0.2, 0.25) is 0 Å². The van der Waals surface area contributed by atoms with Crippen LogP contribution in [-0.4, -0.2) is 18.0 Å². The first-order chi connectivity index (χ1) is 15.0. The summed E-state index contributed by atoms with van der Waals surface area (Å²) in [5, 5.41) is 3.06. The molecule has 4 rings (SSSR count). The van der Waals surface area contributed by atoms with Crippen molar-refractivity contribution in [2.24, 2.45) is 0 Å². The Kier molecular flexibility index (Phi) is 5.58. The molecule has 0 bridgehead atoms. The number of anilines is 1. The second-order valence-electron chi connectivity index (χ2n) is 7.53. The van der Waals surface area contributed by atoms with Crippen LogP contribution in [0, 0.1) is 20.8 Å². The smallest absolute Gasteiger partial charge is 0.256 e. The van der Waals surface area contributed by atoms with E-state index in [1.165, 1.54) is 5.56 Å². The lowest BCUT2D eigenvalue weighted by Crippen LogP contribution is -2.15. The largest absolute Gasteiger partial charge is 0.497 e. The van der Waals surface area contributed by atoms with Gasteiger partial charge in [0.05, 0.1) is 18.9 Å². The molecule has 1 aromatic heterocycles. The standard InChI is InChI=1S/C26H24N2O3/c1-16-13-17(2)24(18(3)14-16)28-25(29)21-7-5-6-8-22(21)26-27-15-23(31-26)19-9-11-20(30-4)12-10-19/h5-15H,1-4H3,(H,28,29). The number of oxazole rings is 1. The molecule has 0 spiro atoms. The molecular weight excluding hydrogens is 388 g/mol. The van der Waals surface area contributed by atoms with Crippen LogP contribution in [0.3, 0.4) is 0 Å². The van der Waals surface area contributed by atoms with E-state index in [-0.39, 0.29) is 5.91 Å². The maximum absolute atomic E-state index is 13.2. The number of aromatic nitrogens is 1. The minimum atomic E-state index is -0.199. The molecule has 0 aliphatic carbocycles. The zero-order chi connectivity index (χ0) is 22.0. The molecule has 5 nitrogen and oxygen atoms in total. The third-order valence-corrected chi connectivity index (χ3v) is 5.20. The molecule has 0 aliphatic rings. The van der Waals surface area contributed by atoms with Crippen LogP contribution in [0.5, 0.6) is 5.75 Å². The lowest BCUT2D eigenvalue weighted by molar-refractivity contribution is 0.102. The SMILES string of the molecule is COc1ccc(-c2cnc(-c3ccccc3C(=O)Nc3c(C)cc(C)cc3C)o2)cc1. The van der Waals surface area contributed by atoms with Gasteiger partial charge in [-0.3, -0.25) is 4.79 Å². The monoisotopic (exact) mass is 412 g/mol. The molecule has 0 radical (unpaired) electrons. The van der Waals surface area contributed by atoms with Gasteiger partial charge in [0.1, 0.15) is 5.75 Å². The molecule has 4 aromatic rings. The van der Waals surface area contributed by atoms with Gasteiger partial charge in [0.2, 0.25) is 5.89 Å². The molecule has 0 unspecified atom stereocenters. The van der Waals surface area contributed by atoms with Crippen LogP contribution >= 0.6 is 0 Å². The fourth-order valence-corrected chi connectivity index (χ4v) is 3.71. The molecule has 31 heavy (non-hydrogen) atoms. The summed E-state index contributed by atoms with van der Waals surface area (Å²) in [6.07, 6.45) is 1.67. The Balaban J connectivity index is 1.65. The molecular formula is C26H24N2O3. The number of carbonyl (C=O) groups excluding carboxylic acids is 1. The van der Waals surface area contributed by atoms with Crippen LogP contribution in [0.15, 0.2) is 71.3 Å². The molecule has 0 saturated heterocycles. The minimum Gasteiger partial charge on any atom is -0.497 e. The lowest BCUT2D eigenvalue weighted by atomic mass is 10.0. The van der Waals surface area contributed by atoms with Gasteiger partial charge in [0.15, 0.2) is 5.76 Å². The molecule has 0 saturated carbocycles. The molecule has 5 heteroatoms. The van der Waals surface area contributed by atoms with Crippen LogP contribution in [0.25, 0.3) is 22.8 Å². The van der Waals surface area contributed by atoms with Crippen LogP contribution in [0.1, 0.15) is 27.0 Å². The van der Waals surface area contributed by atoms with E-state index in [1.54, 1.807) is 19.4 Å². The maximum atomic E-state index is 13.2. The van der Waals surface area contributed by atoms with Crippen molar-refractivity contribution in [3.63, 3.8) is 0 Å². The van der Waals surface area contributed by atoms with Gasteiger partial charge in [-0.05, 0) is 68.3 Å². The number of rotatable bonds is 5. The van der Waals surface area contributed by atoms with E-state index in [2.05, 4.69) is 22.4 Å². The van der Waals surface area contributed by atoms with Gasteiger partial charge in [-0.2, -0.15) is 0 Å². The molecule has 0 atom stereocenters. The quantitative estimate of drug-likeness (QED) is 0.424. The first kappa shape index (κ1) is 20.4. The Bertz CT molecular complexity index is 1220. The second-order valence-corrected chi connectivity index (χ2v) is 7.53. The first-order valence-electron chi connectivity index (χ1n) is 10.0. The topological polar surface area (TPSA) is 64.4 Å². The van der Waals surface area contributed by atoms with Crippen molar-refractivity contribution in [2.45, 2.75) is 20.8 Å². The van der Waals surface area contributed by atoms with Gasteiger partial charge >= 0.3 is 0 Å². The summed E-state index contributed by atoms with van der Waals surface area (Å²) in [6.45, 7) is 6.04. The van der Waals surface area contributed by atoms with Crippen molar-refractivity contribution in [1.29, 1.82) is 0 Å². The molecule has 156 valence electrons. The third-order valence-electron chi connectivity index (χ3n) is 5.20. The van der Waals surface area contributed by atoms with Crippen LogP contribution < -0.4 is 10.1 Å². The van der Waals surface area contributed by atoms with E-state index in [4.69, 9.17) is 9.15 Å². The number of carbonyl (C=O) groups is 1. The number of ether oxygens (including phenoxy) is 1. The summed E-state index contributed by atoms with van der Waals surface area (Å²) >= 11 is 0. The van der Waals surface area contributed by atoms with Gasteiger partial charge in [0.25, 0.3) is 5.91 Å². The van der Waals surface area contributed by atoms with E-state index < -0.39 is 0 Å². The third kappa shape index (κ3) is 4.21. The van der Waals surface area contributed by atoms with Crippen LogP contribution in [0.4, 0.5) is 5.69 Å². The van der Waals surface area contributed by atoms with E-state index in [9.17, 15) is 4.79 Å². The van der Waals surface area contributed by atoms with E-state index in [1.807, 2.05) is 63.2 Å².